The Labute approximate surface area is 120 Å². The molecule has 0 unspecified atom stereocenters. The Morgan fingerprint density at radius 1 is 1.26 bits per heavy atom. The first-order valence-electron chi connectivity index (χ1n) is 5.79. The first-order valence-corrected chi connectivity index (χ1v) is 6.99. The molecule has 2 rings (SSSR count). The number of hydrogen-bond donors (Lipinski definition) is 1. The number of halogens is 1. The molecule has 1 aromatic carbocycles. The molecule has 1 aromatic heterocycles. The number of benzene rings is 1. The Balaban J connectivity index is 2.58. The standard InChI is InChI=1S/C14H14ClNO2S/c1-14(2,3)13-16-10(11(19-13)12(17)18)8-4-6-9(15)7-5-8/h4-7H,1-3H3,(H,17,18). The molecule has 2 aromatic rings. The minimum atomic E-state index is -0.946. The molecule has 0 amide bonds. The highest BCUT2D eigenvalue weighted by atomic mass is 35.5. The van der Waals surface area contributed by atoms with Gasteiger partial charge in [0.15, 0.2) is 0 Å². The summed E-state index contributed by atoms with van der Waals surface area (Å²) in [6.07, 6.45) is 0. The summed E-state index contributed by atoms with van der Waals surface area (Å²) in [7, 11) is 0. The number of rotatable bonds is 2. The second kappa shape index (κ2) is 4.94. The van der Waals surface area contributed by atoms with Crippen molar-refractivity contribution < 1.29 is 9.90 Å². The number of aromatic nitrogens is 1. The molecule has 19 heavy (non-hydrogen) atoms. The van der Waals surface area contributed by atoms with Crippen molar-refractivity contribution in [1.29, 1.82) is 0 Å². The molecule has 0 aliphatic heterocycles. The van der Waals surface area contributed by atoms with Crippen molar-refractivity contribution in [2.75, 3.05) is 0 Å². The average molecular weight is 296 g/mol. The highest BCUT2D eigenvalue weighted by molar-refractivity contribution is 7.14. The molecular formula is C14H14ClNO2S. The Kier molecular flexibility index (Phi) is 3.65. The topological polar surface area (TPSA) is 50.2 Å². The minimum absolute atomic E-state index is 0.167. The summed E-state index contributed by atoms with van der Waals surface area (Å²) in [5, 5.41) is 10.7. The van der Waals surface area contributed by atoms with Gasteiger partial charge in [-0.15, -0.1) is 11.3 Å². The van der Waals surface area contributed by atoms with E-state index in [0.29, 0.717) is 10.7 Å². The third kappa shape index (κ3) is 2.96. The fourth-order valence-corrected chi connectivity index (χ4v) is 2.70. The summed E-state index contributed by atoms with van der Waals surface area (Å²) in [4.78, 5) is 16.1. The van der Waals surface area contributed by atoms with Crippen molar-refractivity contribution in [3.63, 3.8) is 0 Å². The molecule has 5 heteroatoms. The lowest BCUT2D eigenvalue weighted by Crippen LogP contribution is -2.10. The molecule has 100 valence electrons. The second-order valence-corrected chi connectivity index (χ2v) is 6.69. The first kappa shape index (κ1) is 14.0. The van der Waals surface area contributed by atoms with Crippen LogP contribution in [0.3, 0.4) is 0 Å². The predicted molar refractivity (Wildman–Crippen MR) is 78.2 cm³/mol. The number of nitrogens with zero attached hydrogens (tertiary/aromatic N) is 1. The molecule has 0 radical (unpaired) electrons. The van der Waals surface area contributed by atoms with E-state index in [2.05, 4.69) is 4.98 Å². The fourth-order valence-electron chi connectivity index (χ4n) is 1.59. The van der Waals surface area contributed by atoms with Gasteiger partial charge in [0.25, 0.3) is 0 Å². The number of thiazole rings is 1. The molecule has 0 aliphatic rings. The summed E-state index contributed by atoms with van der Waals surface area (Å²) in [6.45, 7) is 6.05. The van der Waals surface area contributed by atoms with E-state index in [1.807, 2.05) is 20.8 Å². The number of carbonyl (C=O) groups is 1. The van der Waals surface area contributed by atoms with Crippen LogP contribution >= 0.6 is 22.9 Å². The fraction of sp³-hybridized carbons (Fsp3) is 0.286. The SMILES string of the molecule is CC(C)(C)c1nc(-c2ccc(Cl)cc2)c(C(=O)O)s1. The van der Waals surface area contributed by atoms with Gasteiger partial charge in [-0.25, -0.2) is 9.78 Å². The number of hydrogen-bond acceptors (Lipinski definition) is 3. The van der Waals surface area contributed by atoms with Gasteiger partial charge in [0, 0.05) is 16.0 Å². The minimum Gasteiger partial charge on any atom is -0.477 e. The number of aromatic carboxylic acids is 1. The number of carboxylic acids is 1. The highest BCUT2D eigenvalue weighted by Gasteiger charge is 2.25. The molecule has 3 nitrogen and oxygen atoms in total. The van der Waals surface area contributed by atoms with Crippen LogP contribution in [0.25, 0.3) is 11.3 Å². The quantitative estimate of drug-likeness (QED) is 0.890. The maximum atomic E-state index is 11.3. The Bertz CT molecular complexity index is 611. The van der Waals surface area contributed by atoms with Crippen LogP contribution < -0.4 is 0 Å². The molecule has 0 saturated heterocycles. The van der Waals surface area contributed by atoms with Crippen molar-refractivity contribution >= 4 is 28.9 Å². The molecule has 0 spiro atoms. The van der Waals surface area contributed by atoms with Gasteiger partial charge in [0.2, 0.25) is 0 Å². The Morgan fingerprint density at radius 2 is 1.84 bits per heavy atom. The zero-order valence-electron chi connectivity index (χ0n) is 10.9. The predicted octanol–water partition coefficient (Wildman–Crippen LogP) is 4.46. The summed E-state index contributed by atoms with van der Waals surface area (Å²) in [5.41, 5.74) is 1.12. The first-order chi connectivity index (χ1) is 8.79. The smallest absolute Gasteiger partial charge is 0.348 e. The van der Waals surface area contributed by atoms with E-state index in [0.717, 1.165) is 10.6 Å². The van der Waals surface area contributed by atoms with Crippen LogP contribution in [0.2, 0.25) is 5.02 Å². The molecule has 0 saturated carbocycles. The molecule has 0 atom stereocenters. The molecule has 1 heterocycles. The van der Waals surface area contributed by atoms with Gasteiger partial charge in [-0.2, -0.15) is 0 Å². The summed E-state index contributed by atoms with van der Waals surface area (Å²) in [5.74, 6) is -0.946. The Hall–Kier alpha value is -1.39. The van der Waals surface area contributed by atoms with E-state index in [1.54, 1.807) is 24.3 Å². The van der Waals surface area contributed by atoms with Gasteiger partial charge >= 0.3 is 5.97 Å². The Morgan fingerprint density at radius 3 is 2.32 bits per heavy atom. The maximum Gasteiger partial charge on any atom is 0.348 e. The van der Waals surface area contributed by atoms with Gasteiger partial charge < -0.3 is 5.11 Å². The molecular weight excluding hydrogens is 282 g/mol. The summed E-state index contributed by atoms with van der Waals surface area (Å²) >= 11 is 7.08. The van der Waals surface area contributed by atoms with Crippen molar-refractivity contribution in [3.8, 4) is 11.3 Å². The van der Waals surface area contributed by atoms with E-state index in [4.69, 9.17) is 11.6 Å². The monoisotopic (exact) mass is 295 g/mol. The zero-order valence-corrected chi connectivity index (χ0v) is 12.5. The second-order valence-electron chi connectivity index (χ2n) is 5.26. The molecule has 1 N–H and O–H groups in total. The van der Waals surface area contributed by atoms with Crippen LogP contribution in [0.5, 0.6) is 0 Å². The lowest BCUT2D eigenvalue weighted by atomic mass is 9.98. The summed E-state index contributed by atoms with van der Waals surface area (Å²) in [6, 6.07) is 7.05. The van der Waals surface area contributed by atoms with E-state index < -0.39 is 5.97 Å². The van der Waals surface area contributed by atoms with Gasteiger partial charge in [-0.3, -0.25) is 0 Å². The highest BCUT2D eigenvalue weighted by Crippen LogP contribution is 2.34. The summed E-state index contributed by atoms with van der Waals surface area (Å²) < 4.78 is 0. The van der Waals surface area contributed by atoms with E-state index in [-0.39, 0.29) is 10.3 Å². The zero-order chi connectivity index (χ0) is 14.2. The normalized spacial score (nSPS) is 11.6. The lowest BCUT2D eigenvalue weighted by Gasteiger charge is -2.13. The molecule has 0 aliphatic carbocycles. The largest absolute Gasteiger partial charge is 0.477 e. The van der Waals surface area contributed by atoms with E-state index in [9.17, 15) is 9.90 Å². The van der Waals surface area contributed by atoms with Crippen LogP contribution in [0, 0.1) is 0 Å². The van der Waals surface area contributed by atoms with Crippen LogP contribution in [0.1, 0.15) is 35.5 Å². The van der Waals surface area contributed by atoms with Crippen LogP contribution in [-0.2, 0) is 5.41 Å². The lowest BCUT2D eigenvalue weighted by molar-refractivity contribution is 0.0702. The third-order valence-electron chi connectivity index (χ3n) is 2.58. The molecule has 0 bridgehead atoms. The average Bonchev–Trinajstić information content (AvgIpc) is 2.74. The van der Waals surface area contributed by atoms with E-state index >= 15 is 0 Å². The van der Waals surface area contributed by atoms with Gasteiger partial charge in [0.05, 0.1) is 10.7 Å². The van der Waals surface area contributed by atoms with E-state index in [1.165, 1.54) is 11.3 Å². The van der Waals surface area contributed by atoms with Gasteiger partial charge in [0.1, 0.15) is 4.88 Å². The van der Waals surface area contributed by atoms with Crippen LogP contribution in [0.15, 0.2) is 24.3 Å². The van der Waals surface area contributed by atoms with Crippen LogP contribution in [-0.4, -0.2) is 16.1 Å². The van der Waals surface area contributed by atoms with Crippen molar-refractivity contribution in [3.05, 3.63) is 39.2 Å². The third-order valence-corrected chi connectivity index (χ3v) is 4.30. The van der Waals surface area contributed by atoms with Crippen molar-refractivity contribution in [2.45, 2.75) is 26.2 Å². The van der Waals surface area contributed by atoms with Gasteiger partial charge in [-0.05, 0) is 12.1 Å². The molecule has 0 fully saturated rings. The van der Waals surface area contributed by atoms with Gasteiger partial charge in [-0.1, -0.05) is 44.5 Å². The maximum absolute atomic E-state index is 11.3. The number of carboxylic acid groups (broad SMARTS) is 1. The van der Waals surface area contributed by atoms with Crippen molar-refractivity contribution in [2.24, 2.45) is 0 Å². The van der Waals surface area contributed by atoms with Crippen molar-refractivity contribution in [1.82, 2.24) is 4.98 Å². The van der Waals surface area contributed by atoms with Crippen LogP contribution in [0.4, 0.5) is 0 Å².